The van der Waals surface area contributed by atoms with Crippen molar-refractivity contribution in [3.8, 4) is 5.75 Å². The molecule has 0 aliphatic carbocycles. The van der Waals surface area contributed by atoms with E-state index in [2.05, 4.69) is 15.5 Å². The number of hydrogen-bond acceptors (Lipinski definition) is 5. The number of nitrogens with zero attached hydrogens (tertiary/aromatic N) is 2. The summed E-state index contributed by atoms with van der Waals surface area (Å²) in [5.74, 6) is 0.638. The molecule has 0 saturated carbocycles. The Morgan fingerprint density at radius 2 is 1.66 bits per heavy atom. The van der Waals surface area contributed by atoms with Gasteiger partial charge in [-0.25, -0.2) is 0 Å². The van der Waals surface area contributed by atoms with Gasteiger partial charge >= 0.3 is 0 Å². The summed E-state index contributed by atoms with van der Waals surface area (Å²) < 4.78 is 10.5. The number of hydrogen-bond donors (Lipinski definition) is 2. The zero-order valence-electron chi connectivity index (χ0n) is 16.7. The molecule has 1 heterocycles. The molecule has 0 radical (unpaired) electrons. The summed E-state index contributed by atoms with van der Waals surface area (Å²) in [5.41, 5.74) is 2.73. The van der Waals surface area contributed by atoms with Crippen LogP contribution in [0.3, 0.4) is 0 Å². The number of benzene rings is 2. The molecule has 1 aliphatic heterocycles. The van der Waals surface area contributed by atoms with Crippen molar-refractivity contribution in [2.45, 2.75) is 0 Å². The van der Waals surface area contributed by atoms with E-state index in [4.69, 9.17) is 21.7 Å². The molecule has 0 bridgehead atoms. The van der Waals surface area contributed by atoms with Gasteiger partial charge in [-0.3, -0.25) is 4.79 Å². The Morgan fingerprint density at radius 1 is 1.07 bits per heavy atom. The lowest BCUT2D eigenvalue weighted by Gasteiger charge is -2.29. The first-order chi connectivity index (χ1) is 14.0. The van der Waals surface area contributed by atoms with Crippen LogP contribution in [0.1, 0.15) is 0 Å². The molecule has 29 heavy (non-hydrogen) atoms. The molecule has 0 unspecified atom stereocenters. The fourth-order valence-corrected chi connectivity index (χ4v) is 3.14. The van der Waals surface area contributed by atoms with Gasteiger partial charge < -0.3 is 29.9 Å². The van der Waals surface area contributed by atoms with Crippen LogP contribution in [0.15, 0.2) is 48.5 Å². The van der Waals surface area contributed by atoms with E-state index in [0.717, 1.165) is 49.1 Å². The number of carbonyl (C=O) groups excluding carboxylic acids is 1. The Balaban J connectivity index is 1.48. The average Bonchev–Trinajstić information content (AvgIpc) is 2.75. The van der Waals surface area contributed by atoms with Crippen LogP contribution < -0.4 is 20.3 Å². The fourth-order valence-electron chi connectivity index (χ4n) is 2.96. The van der Waals surface area contributed by atoms with Gasteiger partial charge in [-0.1, -0.05) is 0 Å². The SMILES string of the molecule is COc1ccc(NC(=S)N(C)CC(=O)Nc2ccc(N3CCOCC3)cc2)cc1. The lowest BCUT2D eigenvalue weighted by molar-refractivity contribution is -0.116. The summed E-state index contributed by atoms with van der Waals surface area (Å²) >= 11 is 5.38. The van der Waals surface area contributed by atoms with Crippen molar-refractivity contribution in [3.05, 3.63) is 48.5 Å². The highest BCUT2D eigenvalue weighted by Gasteiger charge is 2.13. The largest absolute Gasteiger partial charge is 0.497 e. The number of rotatable bonds is 6. The van der Waals surface area contributed by atoms with Gasteiger partial charge in [0.1, 0.15) is 5.75 Å². The summed E-state index contributed by atoms with van der Waals surface area (Å²) in [7, 11) is 3.40. The van der Waals surface area contributed by atoms with E-state index >= 15 is 0 Å². The lowest BCUT2D eigenvalue weighted by atomic mass is 10.2. The van der Waals surface area contributed by atoms with Gasteiger partial charge in [0, 0.05) is 37.2 Å². The minimum atomic E-state index is -0.134. The van der Waals surface area contributed by atoms with Crippen LogP contribution in [-0.2, 0) is 9.53 Å². The minimum Gasteiger partial charge on any atom is -0.497 e. The Morgan fingerprint density at radius 3 is 2.28 bits per heavy atom. The van der Waals surface area contributed by atoms with Crippen molar-refractivity contribution in [2.24, 2.45) is 0 Å². The van der Waals surface area contributed by atoms with Crippen molar-refractivity contribution in [3.63, 3.8) is 0 Å². The molecular formula is C21H26N4O3S. The van der Waals surface area contributed by atoms with E-state index in [1.807, 2.05) is 48.5 Å². The van der Waals surface area contributed by atoms with Crippen LogP contribution in [0.5, 0.6) is 5.75 Å². The van der Waals surface area contributed by atoms with E-state index < -0.39 is 0 Å². The van der Waals surface area contributed by atoms with Crippen molar-refractivity contribution in [1.29, 1.82) is 0 Å². The standard InChI is InChI=1S/C21H26N4O3S/c1-24(21(29)23-17-5-9-19(27-2)10-6-17)15-20(26)22-16-3-7-18(8-4-16)25-11-13-28-14-12-25/h3-10H,11-15H2,1-2H3,(H,22,26)(H,23,29). The summed E-state index contributed by atoms with van der Waals surface area (Å²) in [6.45, 7) is 3.40. The Hall–Kier alpha value is -2.84. The van der Waals surface area contributed by atoms with Crippen LogP contribution in [0.2, 0.25) is 0 Å². The molecule has 7 nitrogen and oxygen atoms in total. The Bertz CT molecular complexity index is 821. The van der Waals surface area contributed by atoms with Crippen LogP contribution in [-0.4, -0.2) is 62.9 Å². The number of carbonyl (C=O) groups is 1. The van der Waals surface area contributed by atoms with Gasteiger partial charge in [-0.05, 0) is 60.7 Å². The molecule has 1 aliphatic rings. The molecule has 1 amide bonds. The van der Waals surface area contributed by atoms with Gasteiger partial charge in [-0.15, -0.1) is 0 Å². The quantitative estimate of drug-likeness (QED) is 0.705. The molecule has 1 saturated heterocycles. The highest BCUT2D eigenvalue weighted by atomic mass is 32.1. The first-order valence-electron chi connectivity index (χ1n) is 9.44. The molecule has 0 spiro atoms. The van der Waals surface area contributed by atoms with Gasteiger partial charge in [0.25, 0.3) is 0 Å². The highest BCUT2D eigenvalue weighted by Crippen LogP contribution is 2.19. The maximum atomic E-state index is 12.4. The maximum absolute atomic E-state index is 12.4. The molecule has 3 rings (SSSR count). The van der Waals surface area contributed by atoms with Gasteiger partial charge in [0.05, 0.1) is 26.9 Å². The summed E-state index contributed by atoms with van der Waals surface area (Å²) in [6, 6.07) is 15.3. The molecule has 154 valence electrons. The van der Waals surface area contributed by atoms with E-state index in [1.165, 1.54) is 0 Å². The number of ether oxygens (including phenoxy) is 2. The van der Waals surface area contributed by atoms with E-state index in [9.17, 15) is 4.79 Å². The first kappa shape index (κ1) is 20.9. The third-order valence-electron chi connectivity index (χ3n) is 4.60. The smallest absolute Gasteiger partial charge is 0.243 e. The number of morpholine rings is 1. The predicted octanol–water partition coefficient (Wildman–Crippen LogP) is 2.80. The number of thiocarbonyl (C=S) groups is 1. The predicted molar refractivity (Wildman–Crippen MR) is 120 cm³/mol. The van der Waals surface area contributed by atoms with E-state index in [0.29, 0.717) is 5.11 Å². The van der Waals surface area contributed by atoms with Gasteiger partial charge in [-0.2, -0.15) is 0 Å². The Labute approximate surface area is 176 Å². The number of amides is 1. The number of methoxy groups -OCH3 is 1. The molecule has 2 N–H and O–H groups in total. The summed E-state index contributed by atoms with van der Waals surface area (Å²) in [4.78, 5) is 16.3. The molecule has 2 aromatic rings. The number of likely N-dealkylation sites (N-methyl/N-ethyl adjacent to an activating group) is 1. The molecule has 8 heteroatoms. The summed E-state index contributed by atoms with van der Waals surface area (Å²) in [5, 5.41) is 6.49. The van der Waals surface area contributed by atoms with Crippen LogP contribution in [0.4, 0.5) is 17.1 Å². The third-order valence-corrected chi connectivity index (χ3v) is 5.01. The van der Waals surface area contributed by atoms with Crippen molar-refractivity contribution >= 4 is 40.3 Å². The second-order valence-corrected chi connectivity index (χ2v) is 7.10. The normalized spacial score (nSPS) is 13.5. The molecular weight excluding hydrogens is 388 g/mol. The number of anilines is 3. The third kappa shape index (κ3) is 6.07. The molecule has 0 aromatic heterocycles. The highest BCUT2D eigenvalue weighted by molar-refractivity contribution is 7.80. The van der Waals surface area contributed by atoms with Crippen molar-refractivity contribution < 1.29 is 14.3 Å². The second-order valence-electron chi connectivity index (χ2n) is 6.71. The monoisotopic (exact) mass is 414 g/mol. The van der Waals surface area contributed by atoms with Crippen molar-refractivity contribution in [1.82, 2.24) is 4.90 Å². The summed E-state index contributed by atoms with van der Waals surface area (Å²) in [6.07, 6.45) is 0. The van der Waals surface area contributed by atoms with E-state index in [1.54, 1.807) is 19.1 Å². The minimum absolute atomic E-state index is 0.134. The van der Waals surface area contributed by atoms with Crippen LogP contribution in [0.25, 0.3) is 0 Å². The lowest BCUT2D eigenvalue weighted by Crippen LogP contribution is -2.37. The first-order valence-corrected chi connectivity index (χ1v) is 9.85. The maximum Gasteiger partial charge on any atom is 0.243 e. The fraction of sp³-hybridized carbons (Fsp3) is 0.333. The van der Waals surface area contributed by atoms with Crippen LogP contribution >= 0.6 is 12.2 Å². The second kappa shape index (κ2) is 10.1. The zero-order chi connectivity index (χ0) is 20.6. The number of nitrogens with one attached hydrogen (secondary N) is 2. The topological polar surface area (TPSA) is 66.1 Å². The molecule has 1 fully saturated rings. The Kier molecular flexibility index (Phi) is 7.26. The molecule has 2 aromatic carbocycles. The zero-order valence-corrected chi connectivity index (χ0v) is 17.5. The average molecular weight is 415 g/mol. The van der Waals surface area contributed by atoms with Crippen LogP contribution in [0, 0.1) is 0 Å². The van der Waals surface area contributed by atoms with Gasteiger partial charge in [0.15, 0.2) is 5.11 Å². The van der Waals surface area contributed by atoms with Crippen molar-refractivity contribution in [2.75, 3.05) is 62.5 Å². The van der Waals surface area contributed by atoms with Gasteiger partial charge in [0.2, 0.25) is 5.91 Å². The van der Waals surface area contributed by atoms with E-state index in [-0.39, 0.29) is 12.5 Å². The molecule has 0 atom stereocenters.